The lowest BCUT2D eigenvalue weighted by Gasteiger charge is -2.19. The molecule has 0 fully saturated rings. The van der Waals surface area contributed by atoms with Crippen molar-refractivity contribution in [3.8, 4) is 0 Å². The zero-order valence-electron chi connectivity index (χ0n) is 10.2. The standard InChI is InChI=1S/C13H20BrNO/c1-10(2)15-8-12(9-16-3)11-5-4-6-13(14)7-11/h4-7,10,12,15H,8-9H2,1-3H3. The lowest BCUT2D eigenvalue weighted by Crippen LogP contribution is -2.29. The van der Waals surface area contributed by atoms with Gasteiger partial charge in [0.1, 0.15) is 0 Å². The number of hydrogen-bond acceptors (Lipinski definition) is 2. The minimum Gasteiger partial charge on any atom is -0.384 e. The summed E-state index contributed by atoms with van der Waals surface area (Å²) in [6, 6.07) is 8.93. The van der Waals surface area contributed by atoms with Gasteiger partial charge in [-0.2, -0.15) is 0 Å². The molecule has 2 nitrogen and oxygen atoms in total. The van der Waals surface area contributed by atoms with Crippen LogP contribution in [0.1, 0.15) is 25.3 Å². The van der Waals surface area contributed by atoms with E-state index in [9.17, 15) is 0 Å². The highest BCUT2D eigenvalue weighted by atomic mass is 79.9. The van der Waals surface area contributed by atoms with E-state index in [0.29, 0.717) is 12.0 Å². The molecule has 3 heteroatoms. The number of hydrogen-bond donors (Lipinski definition) is 1. The Kier molecular flexibility index (Phi) is 6.03. The first kappa shape index (κ1) is 13.7. The van der Waals surface area contributed by atoms with Crippen molar-refractivity contribution in [3.63, 3.8) is 0 Å². The van der Waals surface area contributed by atoms with Gasteiger partial charge in [0.25, 0.3) is 0 Å². The Morgan fingerprint density at radius 2 is 2.12 bits per heavy atom. The van der Waals surface area contributed by atoms with Crippen LogP contribution in [0, 0.1) is 0 Å². The Hall–Kier alpha value is -0.380. The summed E-state index contributed by atoms with van der Waals surface area (Å²) in [5.41, 5.74) is 1.31. The van der Waals surface area contributed by atoms with Gasteiger partial charge in [0.15, 0.2) is 0 Å². The van der Waals surface area contributed by atoms with Gasteiger partial charge in [0, 0.05) is 30.1 Å². The minimum atomic E-state index is 0.407. The molecule has 0 spiro atoms. The highest BCUT2D eigenvalue weighted by Crippen LogP contribution is 2.20. The Morgan fingerprint density at radius 1 is 1.38 bits per heavy atom. The summed E-state index contributed by atoms with van der Waals surface area (Å²) in [5, 5.41) is 3.45. The Morgan fingerprint density at radius 3 is 2.69 bits per heavy atom. The number of benzene rings is 1. The van der Waals surface area contributed by atoms with Crippen LogP contribution in [0.2, 0.25) is 0 Å². The maximum absolute atomic E-state index is 5.28. The van der Waals surface area contributed by atoms with Gasteiger partial charge >= 0.3 is 0 Å². The molecule has 1 unspecified atom stereocenters. The van der Waals surface area contributed by atoms with E-state index in [2.05, 4.69) is 53.3 Å². The molecular formula is C13H20BrNO. The van der Waals surface area contributed by atoms with Gasteiger partial charge in [-0.1, -0.05) is 41.9 Å². The third-order valence-corrected chi connectivity index (χ3v) is 2.95. The van der Waals surface area contributed by atoms with Crippen molar-refractivity contribution < 1.29 is 4.74 Å². The Labute approximate surface area is 107 Å². The maximum Gasteiger partial charge on any atom is 0.0543 e. The molecule has 1 aromatic carbocycles. The van der Waals surface area contributed by atoms with E-state index >= 15 is 0 Å². The zero-order chi connectivity index (χ0) is 12.0. The third kappa shape index (κ3) is 4.64. The van der Waals surface area contributed by atoms with Crippen LogP contribution in [-0.2, 0) is 4.74 Å². The second kappa shape index (κ2) is 7.05. The van der Waals surface area contributed by atoms with E-state index in [1.54, 1.807) is 7.11 Å². The van der Waals surface area contributed by atoms with Crippen LogP contribution in [0.5, 0.6) is 0 Å². The van der Waals surface area contributed by atoms with Crippen LogP contribution < -0.4 is 5.32 Å². The van der Waals surface area contributed by atoms with Gasteiger partial charge in [0.2, 0.25) is 0 Å². The lowest BCUT2D eigenvalue weighted by molar-refractivity contribution is 0.177. The smallest absolute Gasteiger partial charge is 0.0543 e. The largest absolute Gasteiger partial charge is 0.384 e. The molecular weight excluding hydrogens is 266 g/mol. The van der Waals surface area contributed by atoms with Crippen LogP contribution in [0.3, 0.4) is 0 Å². The quantitative estimate of drug-likeness (QED) is 0.867. The van der Waals surface area contributed by atoms with Gasteiger partial charge in [-0.05, 0) is 17.7 Å². The summed E-state index contributed by atoms with van der Waals surface area (Å²) in [7, 11) is 1.75. The van der Waals surface area contributed by atoms with Crippen LogP contribution in [0.25, 0.3) is 0 Å². The summed E-state index contributed by atoms with van der Waals surface area (Å²) in [6.07, 6.45) is 0. The van der Waals surface area contributed by atoms with Crippen molar-refractivity contribution >= 4 is 15.9 Å². The molecule has 90 valence electrons. The second-order valence-electron chi connectivity index (χ2n) is 4.27. The van der Waals surface area contributed by atoms with Crippen molar-refractivity contribution in [2.75, 3.05) is 20.3 Å². The molecule has 1 rings (SSSR count). The van der Waals surface area contributed by atoms with Crippen molar-refractivity contribution in [3.05, 3.63) is 34.3 Å². The van der Waals surface area contributed by atoms with E-state index in [-0.39, 0.29) is 0 Å². The molecule has 0 aliphatic heterocycles. The first-order valence-corrected chi connectivity index (χ1v) is 6.40. The molecule has 16 heavy (non-hydrogen) atoms. The monoisotopic (exact) mass is 285 g/mol. The first-order valence-electron chi connectivity index (χ1n) is 5.61. The van der Waals surface area contributed by atoms with Crippen molar-refractivity contribution in [2.24, 2.45) is 0 Å². The van der Waals surface area contributed by atoms with Gasteiger partial charge in [0.05, 0.1) is 6.61 Å². The maximum atomic E-state index is 5.28. The molecule has 0 saturated carbocycles. The Bertz CT molecular complexity index is 315. The summed E-state index contributed by atoms with van der Waals surface area (Å²) >= 11 is 3.50. The minimum absolute atomic E-state index is 0.407. The summed E-state index contributed by atoms with van der Waals surface area (Å²) in [6.45, 7) is 6.01. The third-order valence-electron chi connectivity index (χ3n) is 2.46. The number of methoxy groups -OCH3 is 1. The van der Waals surface area contributed by atoms with E-state index in [0.717, 1.165) is 17.6 Å². The van der Waals surface area contributed by atoms with Crippen molar-refractivity contribution in [2.45, 2.75) is 25.8 Å². The fraction of sp³-hybridized carbons (Fsp3) is 0.538. The lowest BCUT2D eigenvalue weighted by atomic mass is 10.00. The Balaban J connectivity index is 2.68. The predicted molar refractivity (Wildman–Crippen MR) is 71.9 cm³/mol. The molecule has 0 saturated heterocycles. The highest BCUT2D eigenvalue weighted by Gasteiger charge is 2.11. The molecule has 1 N–H and O–H groups in total. The molecule has 1 atom stereocenters. The normalized spacial score (nSPS) is 13.1. The van der Waals surface area contributed by atoms with Crippen LogP contribution in [-0.4, -0.2) is 26.3 Å². The SMILES string of the molecule is COCC(CNC(C)C)c1cccc(Br)c1. The first-order chi connectivity index (χ1) is 7.63. The topological polar surface area (TPSA) is 21.3 Å². The molecule has 0 bridgehead atoms. The van der Waals surface area contributed by atoms with E-state index in [1.165, 1.54) is 5.56 Å². The van der Waals surface area contributed by atoms with Crippen LogP contribution >= 0.6 is 15.9 Å². The molecule has 1 aromatic rings. The van der Waals surface area contributed by atoms with E-state index in [4.69, 9.17) is 4.74 Å². The van der Waals surface area contributed by atoms with Gasteiger partial charge in [-0.3, -0.25) is 0 Å². The average molecular weight is 286 g/mol. The molecule has 0 aliphatic carbocycles. The fourth-order valence-electron chi connectivity index (χ4n) is 1.61. The number of halogens is 1. The summed E-state index contributed by atoms with van der Waals surface area (Å²) < 4.78 is 6.40. The zero-order valence-corrected chi connectivity index (χ0v) is 11.8. The second-order valence-corrected chi connectivity index (χ2v) is 5.19. The van der Waals surface area contributed by atoms with Crippen molar-refractivity contribution in [1.29, 1.82) is 0 Å². The highest BCUT2D eigenvalue weighted by molar-refractivity contribution is 9.10. The van der Waals surface area contributed by atoms with Gasteiger partial charge < -0.3 is 10.1 Å². The summed E-state index contributed by atoms with van der Waals surface area (Å²) in [4.78, 5) is 0. The van der Waals surface area contributed by atoms with Gasteiger partial charge in [-0.15, -0.1) is 0 Å². The number of ether oxygens (including phenoxy) is 1. The van der Waals surface area contributed by atoms with Crippen LogP contribution in [0.4, 0.5) is 0 Å². The molecule has 0 heterocycles. The number of rotatable bonds is 6. The van der Waals surface area contributed by atoms with Gasteiger partial charge in [-0.25, -0.2) is 0 Å². The molecule has 0 amide bonds. The molecule has 0 radical (unpaired) electrons. The van der Waals surface area contributed by atoms with E-state index < -0.39 is 0 Å². The molecule has 0 aromatic heterocycles. The van der Waals surface area contributed by atoms with E-state index in [1.807, 2.05) is 6.07 Å². The average Bonchev–Trinajstić information content (AvgIpc) is 2.24. The van der Waals surface area contributed by atoms with Crippen LogP contribution in [0.15, 0.2) is 28.7 Å². The van der Waals surface area contributed by atoms with Crippen molar-refractivity contribution in [1.82, 2.24) is 5.32 Å². The number of nitrogens with one attached hydrogen (secondary N) is 1. The predicted octanol–water partition coefficient (Wildman–Crippen LogP) is 3.18. The fourth-order valence-corrected chi connectivity index (χ4v) is 2.03. The summed E-state index contributed by atoms with van der Waals surface area (Å²) in [5.74, 6) is 0.407. The molecule has 0 aliphatic rings.